The van der Waals surface area contributed by atoms with Gasteiger partial charge in [0.15, 0.2) is 0 Å². The van der Waals surface area contributed by atoms with Crippen LogP contribution in [0.1, 0.15) is 27.2 Å². The lowest BCUT2D eigenvalue weighted by atomic mass is 10.2. The van der Waals surface area contributed by atoms with Crippen molar-refractivity contribution in [3.8, 4) is 0 Å². The molecule has 0 fully saturated rings. The number of nitrogens with one attached hydrogen (secondary N) is 1. The highest BCUT2D eigenvalue weighted by Gasteiger charge is 2.25. The molecule has 118 valence electrons. The number of ether oxygens (including phenoxy) is 1. The summed E-state index contributed by atoms with van der Waals surface area (Å²) in [5, 5.41) is 11.4. The van der Waals surface area contributed by atoms with E-state index in [1.807, 2.05) is 6.26 Å². The van der Waals surface area contributed by atoms with Gasteiger partial charge in [0.2, 0.25) is 5.91 Å². The molecule has 2 N–H and O–H groups in total. The Labute approximate surface area is 125 Å². The molecule has 20 heavy (non-hydrogen) atoms. The van der Waals surface area contributed by atoms with E-state index in [1.54, 1.807) is 27.8 Å². The number of amides is 2. The van der Waals surface area contributed by atoms with Gasteiger partial charge in [0, 0.05) is 26.0 Å². The minimum absolute atomic E-state index is 0.0321. The van der Waals surface area contributed by atoms with Crippen molar-refractivity contribution < 1.29 is 19.4 Å². The Morgan fingerprint density at radius 2 is 2.00 bits per heavy atom. The first kappa shape index (κ1) is 19.1. The Morgan fingerprint density at radius 3 is 2.45 bits per heavy atom. The highest BCUT2D eigenvalue weighted by atomic mass is 32.2. The zero-order valence-corrected chi connectivity index (χ0v) is 13.7. The number of thioether (sulfide) groups is 1. The van der Waals surface area contributed by atoms with Crippen molar-refractivity contribution in [1.82, 2.24) is 10.2 Å². The quantitative estimate of drug-likeness (QED) is 0.736. The molecule has 0 spiro atoms. The summed E-state index contributed by atoms with van der Waals surface area (Å²) in [6, 6.07) is -0.622. The number of hydrogen-bond donors (Lipinski definition) is 2. The molecule has 0 saturated carbocycles. The Hall–Kier alpha value is -0.950. The van der Waals surface area contributed by atoms with Crippen LogP contribution >= 0.6 is 11.8 Å². The van der Waals surface area contributed by atoms with E-state index in [0.717, 1.165) is 0 Å². The van der Waals surface area contributed by atoms with Crippen LogP contribution in [0, 0.1) is 0 Å². The molecule has 0 aliphatic rings. The Bertz CT molecular complexity index is 318. The lowest BCUT2D eigenvalue weighted by Crippen LogP contribution is -2.50. The van der Waals surface area contributed by atoms with Gasteiger partial charge in [-0.2, -0.15) is 11.8 Å². The van der Waals surface area contributed by atoms with Crippen LogP contribution in [-0.4, -0.2) is 65.9 Å². The van der Waals surface area contributed by atoms with E-state index in [9.17, 15) is 9.59 Å². The van der Waals surface area contributed by atoms with Gasteiger partial charge in [0.05, 0.1) is 0 Å². The van der Waals surface area contributed by atoms with Crippen molar-refractivity contribution in [1.29, 1.82) is 0 Å². The molecule has 0 rings (SSSR count). The maximum Gasteiger partial charge on any atom is 0.408 e. The molecule has 0 radical (unpaired) electrons. The summed E-state index contributed by atoms with van der Waals surface area (Å²) in [4.78, 5) is 25.4. The zero-order valence-electron chi connectivity index (χ0n) is 12.9. The molecule has 1 atom stereocenters. The molecule has 0 saturated heterocycles. The van der Waals surface area contributed by atoms with E-state index in [0.29, 0.717) is 18.7 Å². The smallest absolute Gasteiger partial charge is 0.408 e. The van der Waals surface area contributed by atoms with Crippen molar-refractivity contribution in [2.45, 2.75) is 38.8 Å². The van der Waals surface area contributed by atoms with Crippen LogP contribution in [0.5, 0.6) is 0 Å². The molecule has 1 unspecified atom stereocenters. The molecule has 2 amide bonds. The highest BCUT2D eigenvalue weighted by molar-refractivity contribution is 7.98. The van der Waals surface area contributed by atoms with E-state index in [2.05, 4.69) is 5.32 Å². The SMILES string of the molecule is CSCC(NC(=O)OC(C)(C)C)C(=O)N(C)CCCO. The van der Waals surface area contributed by atoms with Crippen LogP contribution in [0.25, 0.3) is 0 Å². The van der Waals surface area contributed by atoms with Crippen molar-refractivity contribution in [3.63, 3.8) is 0 Å². The largest absolute Gasteiger partial charge is 0.444 e. The number of carbonyl (C=O) groups is 2. The summed E-state index contributed by atoms with van der Waals surface area (Å²) >= 11 is 1.47. The van der Waals surface area contributed by atoms with Crippen LogP contribution in [0.15, 0.2) is 0 Å². The van der Waals surface area contributed by atoms with Crippen LogP contribution in [0.3, 0.4) is 0 Å². The molecule has 0 aliphatic carbocycles. The van der Waals surface area contributed by atoms with Crippen LogP contribution < -0.4 is 5.32 Å². The van der Waals surface area contributed by atoms with Crippen LogP contribution in [0.4, 0.5) is 4.79 Å². The predicted octanol–water partition coefficient (Wildman–Crippen LogP) is 1.08. The Kier molecular flexibility index (Phi) is 8.64. The number of rotatable bonds is 7. The molecular weight excluding hydrogens is 280 g/mol. The third kappa shape index (κ3) is 8.27. The van der Waals surface area contributed by atoms with Gasteiger partial charge in [0.25, 0.3) is 0 Å². The summed E-state index contributed by atoms with van der Waals surface area (Å²) in [7, 11) is 1.65. The molecule has 0 bridgehead atoms. The molecule has 0 aromatic carbocycles. The van der Waals surface area contributed by atoms with Gasteiger partial charge in [-0.15, -0.1) is 0 Å². The van der Waals surface area contributed by atoms with E-state index in [-0.39, 0.29) is 12.5 Å². The molecule has 0 aliphatic heterocycles. The first-order chi connectivity index (χ1) is 9.21. The number of alkyl carbamates (subject to hydrolysis) is 1. The number of nitrogens with zero attached hydrogens (tertiary/aromatic N) is 1. The maximum absolute atomic E-state index is 12.2. The summed E-state index contributed by atoms with van der Waals surface area (Å²) in [6.45, 7) is 5.79. The first-order valence-electron chi connectivity index (χ1n) is 6.55. The fraction of sp³-hybridized carbons (Fsp3) is 0.846. The minimum atomic E-state index is -0.622. The number of aliphatic hydroxyl groups is 1. The lowest BCUT2D eigenvalue weighted by molar-refractivity contribution is -0.131. The summed E-state index contributed by atoms with van der Waals surface area (Å²) in [5.41, 5.74) is -0.597. The zero-order chi connectivity index (χ0) is 15.8. The molecule has 0 heterocycles. The van der Waals surface area contributed by atoms with Gasteiger partial charge < -0.3 is 20.1 Å². The summed E-state index contributed by atoms with van der Waals surface area (Å²) in [6.07, 6.45) is 1.78. The summed E-state index contributed by atoms with van der Waals surface area (Å²) < 4.78 is 5.16. The van der Waals surface area contributed by atoms with Crippen molar-refractivity contribution >= 4 is 23.8 Å². The number of aliphatic hydroxyl groups excluding tert-OH is 1. The average Bonchev–Trinajstić information content (AvgIpc) is 2.32. The molecule has 0 aromatic heterocycles. The van der Waals surface area contributed by atoms with E-state index >= 15 is 0 Å². The minimum Gasteiger partial charge on any atom is -0.444 e. The van der Waals surface area contributed by atoms with E-state index in [4.69, 9.17) is 9.84 Å². The van der Waals surface area contributed by atoms with Crippen LogP contribution in [0.2, 0.25) is 0 Å². The van der Waals surface area contributed by atoms with Crippen molar-refractivity contribution in [2.24, 2.45) is 0 Å². The lowest BCUT2D eigenvalue weighted by Gasteiger charge is -2.26. The van der Waals surface area contributed by atoms with E-state index < -0.39 is 17.7 Å². The highest BCUT2D eigenvalue weighted by Crippen LogP contribution is 2.08. The molecule has 0 aromatic rings. The monoisotopic (exact) mass is 306 g/mol. The first-order valence-corrected chi connectivity index (χ1v) is 7.95. The van der Waals surface area contributed by atoms with Crippen LogP contribution in [-0.2, 0) is 9.53 Å². The van der Waals surface area contributed by atoms with Gasteiger partial charge in [-0.3, -0.25) is 4.79 Å². The number of hydrogen-bond acceptors (Lipinski definition) is 5. The topological polar surface area (TPSA) is 78.9 Å². The van der Waals surface area contributed by atoms with E-state index in [1.165, 1.54) is 16.7 Å². The van der Waals surface area contributed by atoms with Crippen molar-refractivity contribution in [3.05, 3.63) is 0 Å². The van der Waals surface area contributed by atoms with Gasteiger partial charge in [-0.05, 0) is 33.4 Å². The second kappa shape index (κ2) is 9.07. The third-order valence-corrected chi connectivity index (χ3v) is 3.02. The summed E-state index contributed by atoms with van der Waals surface area (Å²) in [5.74, 6) is 0.292. The molecule has 7 heteroatoms. The number of likely N-dealkylation sites (N-methyl/N-ethyl adjacent to an activating group) is 1. The fourth-order valence-electron chi connectivity index (χ4n) is 1.48. The third-order valence-electron chi connectivity index (χ3n) is 2.35. The van der Waals surface area contributed by atoms with Gasteiger partial charge >= 0.3 is 6.09 Å². The van der Waals surface area contributed by atoms with Gasteiger partial charge in [-0.25, -0.2) is 4.79 Å². The Morgan fingerprint density at radius 1 is 1.40 bits per heavy atom. The second-order valence-corrected chi connectivity index (χ2v) is 6.40. The molecular formula is C13H26N2O4S. The number of carbonyl (C=O) groups excluding carboxylic acids is 2. The average molecular weight is 306 g/mol. The predicted molar refractivity (Wildman–Crippen MR) is 80.9 cm³/mol. The standard InChI is InChI=1S/C13H26N2O4S/c1-13(2,3)19-12(18)14-10(9-20-5)11(17)15(4)7-6-8-16/h10,16H,6-9H2,1-5H3,(H,14,18). The van der Waals surface area contributed by atoms with Gasteiger partial charge in [-0.1, -0.05) is 0 Å². The Balaban J connectivity index is 4.55. The normalized spacial score (nSPS) is 12.7. The fourth-order valence-corrected chi connectivity index (χ4v) is 2.03. The maximum atomic E-state index is 12.2. The van der Waals surface area contributed by atoms with Crippen molar-refractivity contribution in [2.75, 3.05) is 32.2 Å². The second-order valence-electron chi connectivity index (χ2n) is 5.49. The molecule has 6 nitrogen and oxygen atoms in total. The van der Waals surface area contributed by atoms with Gasteiger partial charge in [0.1, 0.15) is 11.6 Å².